The molecule has 3 rings (SSSR count). The van der Waals surface area contributed by atoms with Crippen molar-refractivity contribution in [2.75, 3.05) is 7.11 Å². The van der Waals surface area contributed by atoms with Gasteiger partial charge in [-0.2, -0.15) is 4.98 Å². The average molecular weight is 283 g/mol. The molecule has 0 aliphatic heterocycles. The Labute approximate surface area is 122 Å². The fourth-order valence-corrected chi connectivity index (χ4v) is 2.44. The second-order valence-corrected chi connectivity index (χ2v) is 4.78. The number of methoxy groups -OCH3 is 1. The van der Waals surface area contributed by atoms with E-state index >= 15 is 0 Å². The normalized spacial score (nSPS) is 12.5. The maximum atomic E-state index is 6.36. The Morgan fingerprint density at radius 1 is 1.24 bits per heavy atom. The van der Waals surface area contributed by atoms with E-state index in [4.69, 9.17) is 15.0 Å². The summed E-state index contributed by atoms with van der Waals surface area (Å²) in [6.45, 7) is 1.96. The largest absolute Gasteiger partial charge is 0.496 e. The van der Waals surface area contributed by atoms with Crippen molar-refractivity contribution < 1.29 is 9.26 Å². The van der Waals surface area contributed by atoms with Gasteiger partial charge in [-0.25, -0.2) is 0 Å². The van der Waals surface area contributed by atoms with Gasteiger partial charge in [0.1, 0.15) is 5.75 Å². The topological polar surface area (TPSA) is 74.2 Å². The highest BCUT2D eigenvalue weighted by molar-refractivity contribution is 5.88. The van der Waals surface area contributed by atoms with Gasteiger partial charge in [-0.05, 0) is 16.8 Å². The van der Waals surface area contributed by atoms with E-state index in [2.05, 4.69) is 10.1 Å². The number of rotatable bonds is 4. The lowest BCUT2D eigenvalue weighted by atomic mass is 9.97. The molecule has 0 saturated heterocycles. The van der Waals surface area contributed by atoms with Gasteiger partial charge in [0.15, 0.2) is 5.82 Å². The molecule has 5 nitrogen and oxygen atoms in total. The zero-order valence-corrected chi connectivity index (χ0v) is 12.0. The van der Waals surface area contributed by atoms with Crippen molar-refractivity contribution in [3.63, 3.8) is 0 Å². The molecule has 0 amide bonds. The number of fused-ring (bicyclic) bond motifs is 1. The van der Waals surface area contributed by atoms with Crippen molar-refractivity contribution >= 4 is 10.8 Å². The van der Waals surface area contributed by atoms with Gasteiger partial charge in [0.05, 0.1) is 13.2 Å². The zero-order chi connectivity index (χ0) is 14.8. The quantitative estimate of drug-likeness (QED) is 0.797. The van der Waals surface area contributed by atoms with E-state index in [1.165, 1.54) is 0 Å². The molecule has 1 heterocycles. The third kappa shape index (κ3) is 2.36. The highest BCUT2D eigenvalue weighted by Crippen LogP contribution is 2.34. The predicted molar refractivity (Wildman–Crippen MR) is 80.2 cm³/mol. The molecule has 2 N–H and O–H groups in total. The lowest BCUT2D eigenvalue weighted by molar-refractivity contribution is 0.373. The zero-order valence-electron chi connectivity index (χ0n) is 12.0. The molecule has 1 aromatic heterocycles. The summed E-state index contributed by atoms with van der Waals surface area (Å²) in [6, 6.07) is 11.5. The Morgan fingerprint density at radius 2 is 2.05 bits per heavy atom. The Morgan fingerprint density at radius 3 is 2.76 bits per heavy atom. The summed E-state index contributed by atoms with van der Waals surface area (Å²) in [6.07, 6.45) is 0.687. The van der Waals surface area contributed by atoms with Gasteiger partial charge in [0.2, 0.25) is 5.89 Å². The molecule has 0 saturated carbocycles. The predicted octanol–water partition coefficient (Wildman–Crippen LogP) is 2.84. The standard InChI is InChI=1S/C16H17N3O2/c1-3-13-18-16(19-21-13)15(17)14-11-7-5-4-6-10(11)8-9-12(14)20-2/h4-9,15H,3,17H2,1-2H3. The summed E-state index contributed by atoms with van der Waals surface area (Å²) < 4.78 is 10.6. The molecular weight excluding hydrogens is 266 g/mol. The number of aromatic nitrogens is 2. The molecule has 3 aromatic rings. The summed E-state index contributed by atoms with van der Waals surface area (Å²) >= 11 is 0. The van der Waals surface area contributed by atoms with Crippen LogP contribution in [0, 0.1) is 0 Å². The lowest BCUT2D eigenvalue weighted by Crippen LogP contribution is -2.15. The Kier molecular flexibility index (Phi) is 3.58. The van der Waals surface area contributed by atoms with E-state index in [-0.39, 0.29) is 0 Å². The van der Waals surface area contributed by atoms with E-state index < -0.39 is 6.04 Å². The van der Waals surface area contributed by atoms with E-state index in [1.807, 2.05) is 43.3 Å². The van der Waals surface area contributed by atoms with Crippen molar-refractivity contribution in [2.45, 2.75) is 19.4 Å². The van der Waals surface area contributed by atoms with Crippen LogP contribution in [0.4, 0.5) is 0 Å². The fourth-order valence-electron chi connectivity index (χ4n) is 2.44. The minimum absolute atomic E-state index is 0.474. The molecule has 1 unspecified atom stereocenters. The number of hydrogen-bond donors (Lipinski definition) is 1. The number of ether oxygens (including phenoxy) is 1. The third-order valence-corrected chi connectivity index (χ3v) is 3.53. The van der Waals surface area contributed by atoms with Crippen LogP contribution in [-0.4, -0.2) is 17.3 Å². The van der Waals surface area contributed by atoms with Crippen LogP contribution in [0.1, 0.15) is 30.2 Å². The summed E-state index contributed by atoms with van der Waals surface area (Å²) in [7, 11) is 1.63. The molecule has 0 fully saturated rings. The summed E-state index contributed by atoms with van der Waals surface area (Å²) in [5, 5.41) is 6.11. The van der Waals surface area contributed by atoms with E-state index in [0.29, 0.717) is 18.1 Å². The van der Waals surface area contributed by atoms with Crippen molar-refractivity contribution in [3.05, 3.63) is 53.7 Å². The van der Waals surface area contributed by atoms with Crippen molar-refractivity contribution in [3.8, 4) is 5.75 Å². The molecule has 1 atom stereocenters. The smallest absolute Gasteiger partial charge is 0.226 e. The van der Waals surface area contributed by atoms with Gasteiger partial charge in [-0.15, -0.1) is 0 Å². The first-order chi connectivity index (χ1) is 10.2. The maximum absolute atomic E-state index is 6.36. The van der Waals surface area contributed by atoms with Gasteiger partial charge in [-0.1, -0.05) is 42.4 Å². The molecule has 5 heteroatoms. The minimum Gasteiger partial charge on any atom is -0.496 e. The number of benzene rings is 2. The first-order valence-electron chi connectivity index (χ1n) is 6.88. The molecule has 0 spiro atoms. The van der Waals surface area contributed by atoms with Crippen LogP contribution in [0.25, 0.3) is 10.8 Å². The molecule has 21 heavy (non-hydrogen) atoms. The lowest BCUT2D eigenvalue weighted by Gasteiger charge is -2.15. The van der Waals surface area contributed by atoms with Gasteiger partial charge in [0, 0.05) is 12.0 Å². The highest BCUT2D eigenvalue weighted by Gasteiger charge is 2.21. The first kappa shape index (κ1) is 13.6. The van der Waals surface area contributed by atoms with E-state index in [0.717, 1.165) is 22.1 Å². The van der Waals surface area contributed by atoms with E-state index in [1.54, 1.807) is 7.11 Å². The van der Waals surface area contributed by atoms with Gasteiger partial charge >= 0.3 is 0 Å². The molecule has 0 aliphatic rings. The molecular formula is C16H17N3O2. The van der Waals surface area contributed by atoms with Crippen molar-refractivity contribution in [2.24, 2.45) is 5.73 Å². The second-order valence-electron chi connectivity index (χ2n) is 4.78. The minimum atomic E-state index is -0.491. The first-order valence-corrected chi connectivity index (χ1v) is 6.88. The number of nitrogens with zero attached hydrogens (tertiary/aromatic N) is 2. The van der Waals surface area contributed by atoms with Crippen LogP contribution in [0.5, 0.6) is 5.75 Å². The van der Waals surface area contributed by atoms with Crippen LogP contribution in [-0.2, 0) is 6.42 Å². The second kappa shape index (κ2) is 5.54. The fraction of sp³-hybridized carbons (Fsp3) is 0.250. The average Bonchev–Trinajstić information content (AvgIpc) is 3.02. The van der Waals surface area contributed by atoms with Crippen molar-refractivity contribution in [1.29, 1.82) is 0 Å². The molecule has 0 radical (unpaired) electrons. The Bertz CT molecular complexity index is 767. The third-order valence-electron chi connectivity index (χ3n) is 3.53. The van der Waals surface area contributed by atoms with Gasteiger partial charge in [-0.3, -0.25) is 0 Å². The number of aryl methyl sites for hydroxylation is 1. The summed E-state index contributed by atoms with van der Waals surface area (Å²) in [4.78, 5) is 4.33. The van der Waals surface area contributed by atoms with Crippen LogP contribution in [0.15, 0.2) is 40.9 Å². The molecule has 0 aliphatic carbocycles. The molecule has 0 bridgehead atoms. The number of hydrogen-bond acceptors (Lipinski definition) is 5. The van der Waals surface area contributed by atoms with Crippen LogP contribution < -0.4 is 10.5 Å². The summed E-state index contributed by atoms with van der Waals surface area (Å²) in [5.41, 5.74) is 7.24. The van der Waals surface area contributed by atoms with Crippen LogP contribution in [0.3, 0.4) is 0 Å². The number of nitrogens with two attached hydrogens (primary N) is 1. The van der Waals surface area contributed by atoms with Crippen LogP contribution >= 0.6 is 0 Å². The molecule has 2 aromatic carbocycles. The van der Waals surface area contributed by atoms with Crippen LogP contribution in [0.2, 0.25) is 0 Å². The molecule has 108 valence electrons. The monoisotopic (exact) mass is 283 g/mol. The SMILES string of the molecule is CCc1nc(C(N)c2c(OC)ccc3ccccc23)no1. The maximum Gasteiger partial charge on any atom is 0.226 e. The Balaban J connectivity index is 2.17. The van der Waals surface area contributed by atoms with Gasteiger partial charge in [0.25, 0.3) is 0 Å². The highest BCUT2D eigenvalue weighted by atomic mass is 16.5. The van der Waals surface area contributed by atoms with Crippen molar-refractivity contribution in [1.82, 2.24) is 10.1 Å². The Hall–Kier alpha value is -2.40. The summed E-state index contributed by atoms with van der Waals surface area (Å²) in [5.74, 6) is 1.78. The van der Waals surface area contributed by atoms with E-state index in [9.17, 15) is 0 Å². The van der Waals surface area contributed by atoms with Gasteiger partial charge < -0.3 is 15.0 Å².